The largest absolute Gasteiger partial charge is 0.416 e. The Hall–Kier alpha value is -3.93. The van der Waals surface area contributed by atoms with Crippen molar-refractivity contribution in [3.05, 3.63) is 59.7 Å². The molecule has 1 aromatic heterocycles. The van der Waals surface area contributed by atoms with E-state index in [0.717, 1.165) is 23.4 Å². The van der Waals surface area contributed by atoms with E-state index in [1.165, 1.54) is 12.1 Å². The molecule has 1 aliphatic rings. The van der Waals surface area contributed by atoms with E-state index in [-0.39, 0.29) is 17.6 Å². The van der Waals surface area contributed by atoms with Crippen molar-refractivity contribution in [3.8, 4) is 0 Å². The maximum absolute atomic E-state index is 13.1. The number of rotatable bonds is 7. The van der Waals surface area contributed by atoms with Crippen LogP contribution in [0.4, 0.5) is 42.4 Å². The number of benzene rings is 2. The summed E-state index contributed by atoms with van der Waals surface area (Å²) < 4.78 is 44.7. The average Bonchev–Trinajstić information content (AvgIpc) is 2.84. The first-order chi connectivity index (χ1) is 16.8. The van der Waals surface area contributed by atoms with Crippen molar-refractivity contribution in [2.45, 2.75) is 6.18 Å². The summed E-state index contributed by atoms with van der Waals surface area (Å²) in [4.78, 5) is 17.0. The average molecular weight is 487 g/mol. The molecule has 1 fully saturated rings. The Bertz CT molecular complexity index is 1160. The molecule has 12 heteroatoms. The molecule has 4 rings (SSSR count). The monoisotopic (exact) mass is 486 g/mol. The van der Waals surface area contributed by atoms with Crippen molar-refractivity contribution in [2.24, 2.45) is 5.10 Å². The lowest BCUT2D eigenvalue weighted by Gasteiger charge is -2.27. The normalized spacial score (nSPS) is 14.3. The number of nitrogens with zero attached hydrogens (tertiary/aromatic N) is 6. The zero-order valence-electron chi connectivity index (χ0n) is 19.3. The Morgan fingerprint density at radius 2 is 1.71 bits per heavy atom. The summed E-state index contributed by atoms with van der Waals surface area (Å²) in [5.41, 5.74) is 4.16. The van der Waals surface area contributed by atoms with Crippen LogP contribution in [-0.2, 0) is 10.9 Å². The molecule has 0 unspecified atom stereocenters. The Balaban J connectivity index is 1.56. The van der Waals surface area contributed by atoms with Crippen LogP contribution in [0.15, 0.2) is 53.6 Å². The zero-order chi connectivity index (χ0) is 24.8. The molecule has 3 aromatic rings. The number of aromatic nitrogens is 3. The molecule has 35 heavy (non-hydrogen) atoms. The number of halogens is 3. The van der Waals surface area contributed by atoms with Crippen LogP contribution in [0.3, 0.4) is 0 Å². The smallest absolute Gasteiger partial charge is 0.378 e. The van der Waals surface area contributed by atoms with E-state index in [9.17, 15) is 13.2 Å². The molecule has 1 aliphatic heterocycles. The third kappa shape index (κ3) is 6.57. The molecule has 2 aromatic carbocycles. The van der Waals surface area contributed by atoms with E-state index in [1.807, 2.05) is 48.2 Å². The maximum atomic E-state index is 13.1. The fourth-order valence-electron chi connectivity index (χ4n) is 3.30. The predicted octanol–water partition coefficient (Wildman–Crippen LogP) is 3.98. The van der Waals surface area contributed by atoms with Gasteiger partial charge >= 0.3 is 6.18 Å². The number of hydrazone groups is 1. The zero-order valence-corrected chi connectivity index (χ0v) is 19.3. The maximum Gasteiger partial charge on any atom is 0.416 e. The van der Waals surface area contributed by atoms with Gasteiger partial charge in [-0.3, -0.25) is 0 Å². The van der Waals surface area contributed by atoms with Crippen molar-refractivity contribution in [1.29, 1.82) is 0 Å². The summed E-state index contributed by atoms with van der Waals surface area (Å²) >= 11 is 0. The van der Waals surface area contributed by atoms with Crippen LogP contribution < -0.4 is 20.5 Å². The highest BCUT2D eigenvalue weighted by Gasteiger charge is 2.30. The SMILES string of the molecule is CN(C)c1ccc(C=NNc2nc(Nc3cccc(C(F)(F)F)c3)nc(N3CCOCC3)n2)cc1. The van der Waals surface area contributed by atoms with Crippen LogP contribution in [0.1, 0.15) is 11.1 Å². The number of morpholine rings is 1. The van der Waals surface area contributed by atoms with Gasteiger partial charge in [-0.25, -0.2) is 5.43 Å². The van der Waals surface area contributed by atoms with Gasteiger partial charge in [-0.15, -0.1) is 0 Å². The van der Waals surface area contributed by atoms with Crippen molar-refractivity contribution < 1.29 is 17.9 Å². The van der Waals surface area contributed by atoms with E-state index < -0.39 is 11.7 Å². The number of alkyl halides is 3. The minimum absolute atomic E-state index is 0.0915. The summed E-state index contributed by atoms with van der Waals surface area (Å²) in [6.45, 7) is 2.19. The summed E-state index contributed by atoms with van der Waals surface area (Å²) in [6, 6.07) is 12.6. The second-order valence-corrected chi connectivity index (χ2v) is 7.94. The lowest BCUT2D eigenvalue weighted by molar-refractivity contribution is -0.137. The van der Waals surface area contributed by atoms with Crippen molar-refractivity contribution >= 4 is 35.4 Å². The molecule has 0 atom stereocenters. The molecule has 9 nitrogen and oxygen atoms in total. The Kier molecular flexibility index (Phi) is 7.30. The van der Waals surface area contributed by atoms with Crippen LogP contribution in [0.2, 0.25) is 0 Å². The number of nitrogens with one attached hydrogen (secondary N) is 2. The van der Waals surface area contributed by atoms with E-state index in [4.69, 9.17) is 4.74 Å². The highest BCUT2D eigenvalue weighted by molar-refractivity contribution is 5.80. The van der Waals surface area contributed by atoms with Gasteiger partial charge < -0.3 is 19.9 Å². The van der Waals surface area contributed by atoms with Crippen LogP contribution in [0, 0.1) is 0 Å². The lowest BCUT2D eigenvalue weighted by Crippen LogP contribution is -2.37. The van der Waals surface area contributed by atoms with Crippen molar-refractivity contribution in [2.75, 3.05) is 60.9 Å². The molecule has 0 bridgehead atoms. The Morgan fingerprint density at radius 3 is 2.40 bits per heavy atom. The van der Waals surface area contributed by atoms with E-state index in [1.54, 1.807) is 6.21 Å². The van der Waals surface area contributed by atoms with Crippen LogP contribution >= 0.6 is 0 Å². The van der Waals surface area contributed by atoms with Crippen molar-refractivity contribution in [1.82, 2.24) is 15.0 Å². The molecule has 2 heterocycles. The fraction of sp³-hybridized carbons (Fsp3) is 0.304. The highest BCUT2D eigenvalue weighted by Crippen LogP contribution is 2.31. The summed E-state index contributed by atoms with van der Waals surface area (Å²) in [7, 11) is 3.92. The minimum Gasteiger partial charge on any atom is -0.378 e. The second kappa shape index (κ2) is 10.6. The highest BCUT2D eigenvalue weighted by atomic mass is 19.4. The minimum atomic E-state index is -4.46. The second-order valence-electron chi connectivity index (χ2n) is 7.94. The number of anilines is 5. The van der Waals surface area contributed by atoms with Gasteiger partial charge in [-0.1, -0.05) is 18.2 Å². The molecular weight excluding hydrogens is 461 g/mol. The van der Waals surface area contributed by atoms with Crippen LogP contribution in [0.25, 0.3) is 0 Å². The summed E-state index contributed by atoms with van der Waals surface area (Å²) in [5.74, 6) is 0.608. The molecule has 0 amide bonds. The number of hydrogen-bond donors (Lipinski definition) is 2. The molecule has 1 saturated heterocycles. The molecule has 0 spiro atoms. The Morgan fingerprint density at radius 1 is 1.00 bits per heavy atom. The van der Waals surface area contributed by atoms with Gasteiger partial charge in [-0.2, -0.15) is 33.2 Å². The van der Waals surface area contributed by atoms with Crippen molar-refractivity contribution in [3.63, 3.8) is 0 Å². The van der Waals surface area contributed by atoms with Gasteiger partial charge in [0, 0.05) is 38.6 Å². The quantitative estimate of drug-likeness (QED) is 0.383. The third-order valence-corrected chi connectivity index (χ3v) is 5.15. The van der Waals surface area contributed by atoms with Crippen LogP contribution in [0.5, 0.6) is 0 Å². The Labute approximate surface area is 200 Å². The standard InChI is InChI=1S/C23H25F3N8O/c1-33(2)19-8-6-16(7-9-19)15-27-32-21-29-20(30-22(31-21)34-10-12-35-13-11-34)28-18-5-3-4-17(14-18)23(24,25)26/h3-9,14-15H,10-13H2,1-2H3,(H2,28,29,30,31,32). The first kappa shape index (κ1) is 24.2. The third-order valence-electron chi connectivity index (χ3n) is 5.15. The van der Waals surface area contributed by atoms with Gasteiger partial charge in [0.1, 0.15) is 0 Å². The van der Waals surface area contributed by atoms with E-state index >= 15 is 0 Å². The summed E-state index contributed by atoms with van der Waals surface area (Å²) in [5, 5.41) is 7.05. The van der Waals surface area contributed by atoms with Gasteiger partial charge in [0.2, 0.25) is 17.8 Å². The summed E-state index contributed by atoms with van der Waals surface area (Å²) in [6.07, 6.45) is -2.83. The van der Waals surface area contributed by atoms with Gasteiger partial charge in [0.15, 0.2) is 0 Å². The molecule has 0 radical (unpaired) electrons. The van der Waals surface area contributed by atoms with Gasteiger partial charge in [0.05, 0.1) is 25.0 Å². The first-order valence-corrected chi connectivity index (χ1v) is 10.9. The number of ether oxygens (including phenoxy) is 1. The topological polar surface area (TPSA) is 90.8 Å². The fourth-order valence-corrected chi connectivity index (χ4v) is 3.30. The predicted molar refractivity (Wildman–Crippen MR) is 130 cm³/mol. The van der Waals surface area contributed by atoms with E-state index in [2.05, 4.69) is 30.8 Å². The molecular formula is C23H25F3N8O. The first-order valence-electron chi connectivity index (χ1n) is 10.9. The molecule has 0 aliphatic carbocycles. The number of hydrogen-bond acceptors (Lipinski definition) is 9. The van der Waals surface area contributed by atoms with Crippen LogP contribution in [-0.4, -0.2) is 61.6 Å². The van der Waals surface area contributed by atoms with Gasteiger partial charge in [-0.05, 0) is 35.9 Å². The van der Waals surface area contributed by atoms with Gasteiger partial charge in [0.25, 0.3) is 0 Å². The lowest BCUT2D eigenvalue weighted by atomic mass is 10.2. The molecule has 0 saturated carbocycles. The molecule has 2 N–H and O–H groups in total. The molecule has 184 valence electrons. The van der Waals surface area contributed by atoms with E-state index in [0.29, 0.717) is 32.3 Å².